The van der Waals surface area contributed by atoms with Gasteiger partial charge in [0.25, 0.3) is 0 Å². The summed E-state index contributed by atoms with van der Waals surface area (Å²) in [5.74, 6) is 8.15. The fraction of sp³-hybridized carbons (Fsp3) is 0. The summed E-state index contributed by atoms with van der Waals surface area (Å²) in [7, 11) is 0. The molecule has 16 heavy (non-hydrogen) atoms. The van der Waals surface area contributed by atoms with Gasteiger partial charge in [0.1, 0.15) is 0 Å². The van der Waals surface area contributed by atoms with Crippen molar-refractivity contribution in [3.05, 3.63) is 35.4 Å². The Kier molecular flexibility index (Phi) is 4.36. The zero-order valence-corrected chi connectivity index (χ0v) is 8.10. The van der Waals surface area contributed by atoms with Crippen LogP contribution in [-0.4, -0.2) is 11.9 Å². The first-order valence-corrected chi connectivity index (χ1v) is 4.12. The van der Waals surface area contributed by atoms with Gasteiger partial charge in [-0.05, 0) is 18.2 Å². The zero-order valence-electron chi connectivity index (χ0n) is 8.10. The maximum atomic E-state index is 11.2. The molecule has 0 amide bonds. The average molecular weight is 226 g/mol. The van der Waals surface area contributed by atoms with Crippen LogP contribution in [0.25, 0.3) is 0 Å². The van der Waals surface area contributed by atoms with Gasteiger partial charge in [-0.3, -0.25) is 0 Å². The van der Waals surface area contributed by atoms with Gasteiger partial charge in [0.2, 0.25) is 0 Å². The Hall–Kier alpha value is -2.00. The molecule has 86 valence electrons. The Bertz CT molecular complexity index is 362. The maximum Gasteiger partial charge on any atom is 0.358 e. The SMILES string of the molecule is NNOC(=O)c1cccc(C(=O)ONN)c1. The van der Waals surface area contributed by atoms with E-state index >= 15 is 0 Å². The van der Waals surface area contributed by atoms with Gasteiger partial charge in [-0.15, -0.1) is 0 Å². The summed E-state index contributed by atoms with van der Waals surface area (Å²) in [5, 5.41) is 0. The molecular weight excluding hydrogens is 216 g/mol. The fourth-order valence-electron chi connectivity index (χ4n) is 0.998. The molecule has 6 N–H and O–H groups in total. The van der Waals surface area contributed by atoms with Crippen LogP contribution >= 0.6 is 0 Å². The monoisotopic (exact) mass is 226 g/mol. The van der Waals surface area contributed by atoms with Crippen LogP contribution in [0.1, 0.15) is 20.7 Å². The molecule has 8 heteroatoms. The lowest BCUT2D eigenvalue weighted by atomic mass is 10.1. The second-order valence-electron chi connectivity index (χ2n) is 2.60. The summed E-state index contributed by atoms with van der Waals surface area (Å²) in [6.07, 6.45) is 0. The molecule has 0 radical (unpaired) electrons. The van der Waals surface area contributed by atoms with Gasteiger partial charge in [-0.25, -0.2) is 21.3 Å². The van der Waals surface area contributed by atoms with Crippen molar-refractivity contribution in [1.29, 1.82) is 0 Å². The van der Waals surface area contributed by atoms with E-state index in [0.29, 0.717) is 0 Å². The minimum atomic E-state index is -0.724. The molecule has 1 rings (SSSR count). The third-order valence-electron chi connectivity index (χ3n) is 1.64. The highest BCUT2D eigenvalue weighted by Gasteiger charge is 2.12. The molecular formula is C8H10N4O4. The number of carbonyl (C=O) groups is 2. The Morgan fingerprint density at radius 2 is 1.44 bits per heavy atom. The van der Waals surface area contributed by atoms with Crippen molar-refractivity contribution in [2.24, 2.45) is 11.7 Å². The minimum absolute atomic E-state index is 0.143. The van der Waals surface area contributed by atoms with E-state index in [1.54, 1.807) is 11.2 Å². The lowest BCUT2D eigenvalue weighted by Gasteiger charge is -2.04. The number of hydrazine groups is 2. The van der Waals surface area contributed by atoms with Crippen LogP contribution in [0.4, 0.5) is 0 Å². The molecule has 0 aliphatic carbocycles. The van der Waals surface area contributed by atoms with E-state index in [-0.39, 0.29) is 11.1 Å². The van der Waals surface area contributed by atoms with Crippen LogP contribution in [0.2, 0.25) is 0 Å². The summed E-state index contributed by atoms with van der Waals surface area (Å²) in [4.78, 5) is 31.1. The second-order valence-corrected chi connectivity index (χ2v) is 2.60. The maximum absolute atomic E-state index is 11.2. The topological polar surface area (TPSA) is 129 Å². The molecule has 0 bridgehead atoms. The number of nitrogens with two attached hydrogens (primary N) is 2. The van der Waals surface area contributed by atoms with E-state index in [0.717, 1.165) is 0 Å². The number of hydrogen-bond donors (Lipinski definition) is 4. The van der Waals surface area contributed by atoms with Gasteiger partial charge in [0, 0.05) is 0 Å². The fourth-order valence-corrected chi connectivity index (χ4v) is 0.998. The summed E-state index contributed by atoms with van der Waals surface area (Å²) in [6, 6.07) is 5.66. The normalized spacial score (nSPS) is 9.62. The predicted octanol–water partition coefficient (Wildman–Crippen LogP) is -1.24. The quantitative estimate of drug-likeness (QED) is 0.370. The lowest BCUT2D eigenvalue weighted by Crippen LogP contribution is -2.27. The molecule has 0 atom stereocenters. The van der Waals surface area contributed by atoms with Crippen molar-refractivity contribution >= 4 is 11.9 Å². The number of carbonyl (C=O) groups excluding carboxylic acids is 2. The molecule has 0 saturated heterocycles. The highest BCUT2D eigenvalue weighted by Crippen LogP contribution is 2.07. The van der Waals surface area contributed by atoms with E-state index in [1.807, 2.05) is 0 Å². The summed E-state index contributed by atoms with van der Waals surface area (Å²) in [5.41, 5.74) is 3.77. The first kappa shape index (κ1) is 12.1. The molecule has 0 saturated carbocycles. The van der Waals surface area contributed by atoms with Gasteiger partial charge >= 0.3 is 11.9 Å². The van der Waals surface area contributed by atoms with Gasteiger partial charge < -0.3 is 9.68 Å². The average Bonchev–Trinajstić information content (AvgIpc) is 2.30. The highest BCUT2D eigenvalue weighted by atomic mass is 16.7. The Labute approximate surface area is 90.3 Å². The zero-order chi connectivity index (χ0) is 12.0. The van der Waals surface area contributed by atoms with E-state index in [4.69, 9.17) is 11.7 Å². The standard InChI is InChI=1S/C8H10N4O4/c9-11-15-7(13)5-2-1-3-6(4-5)8(14)16-12-10/h1-4,11-12H,9-10H2. The van der Waals surface area contributed by atoms with Crippen molar-refractivity contribution < 1.29 is 19.3 Å². The Balaban J connectivity index is 2.86. The second kappa shape index (κ2) is 5.78. The molecule has 1 aromatic carbocycles. The minimum Gasteiger partial charge on any atom is -0.351 e. The van der Waals surface area contributed by atoms with Crippen LogP contribution in [0.5, 0.6) is 0 Å². The van der Waals surface area contributed by atoms with Crippen LogP contribution < -0.4 is 22.9 Å². The Morgan fingerprint density at radius 1 is 1.00 bits per heavy atom. The number of hydrogen-bond acceptors (Lipinski definition) is 8. The smallest absolute Gasteiger partial charge is 0.351 e. The van der Waals surface area contributed by atoms with Gasteiger partial charge in [0.15, 0.2) is 0 Å². The third kappa shape index (κ3) is 3.00. The van der Waals surface area contributed by atoms with E-state index in [2.05, 4.69) is 9.68 Å². The molecule has 8 nitrogen and oxygen atoms in total. The first-order valence-electron chi connectivity index (χ1n) is 4.12. The molecule has 0 unspecified atom stereocenters. The predicted molar refractivity (Wildman–Crippen MR) is 51.9 cm³/mol. The molecule has 0 aromatic heterocycles. The van der Waals surface area contributed by atoms with Crippen LogP contribution in [-0.2, 0) is 9.68 Å². The van der Waals surface area contributed by atoms with E-state index in [9.17, 15) is 9.59 Å². The van der Waals surface area contributed by atoms with Crippen molar-refractivity contribution in [2.75, 3.05) is 0 Å². The van der Waals surface area contributed by atoms with Gasteiger partial charge in [-0.2, -0.15) is 0 Å². The molecule has 0 aliphatic rings. The summed E-state index contributed by atoms with van der Waals surface area (Å²) >= 11 is 0. The van der Waals surface area contributed by atoms with Crippen molar-refractivity contribution in [2.45, 2.75) is 0 Å². The first-order chi connectivity index (χ1) is 7.69. The van der Waals surface area contributed by atoms with E-state index < -0.39 is 11.9 Å². The van der Waals surface area contributed by atoms with Crippen molar-refractivity contribution in [3.63, 3.8) is 0 Å². The van der Waals surface area contributed by atoms with Crippen LogP contribution in [0, 0.1) is 0 Å². The summed E-state index contributed by atoms with van der Waals surface area (Å²) < 4.78 is 0. The number of rotatable bonds is 4. The van der Waals surface area contributed by atoms with Crippen molar-refractivity contribution in [1.82, 2.24) is 11.2 Å². The Morgan fingerprint density at radius 3 is 1.81 bits per heavy atom. The van der Waals surface area contributed by atoms with Crippen LogP contribution in [0.15, 0.2) is 24.3 Å². The molecule has 0 fully saturated rings. The molecule has 0 heterocycles. The lowest BCUT2D eigenvalue weighted by molar-refractivity contribution is 0.0251. The summed E-state index contributed by atoms with van der Waals surface area (Å²) in [6.45, 7) is 0. The van der Waals surface area contributed by atoms with Gasteiger partial charge in [0.05, 0.1) is 11.1 Å². The van der Waals surface area contributed by atoms with E-state index in [1.165, 1.54) is 24.3 Å². The van der Waals surface area contributed by atoms with Gasteiger partial charge in [-0.1, -0.05) is 17.2 Å². The third-order valence-corrected chi connectivity index (χ3v) is 1.64. The molecule has 1 aromatic rings. The molecule has 0 spiro atoms. The number of nitrogens with one attached hydrogen (secondary N) is 2. The highest BCUT2D eigenvalue weighted by molar-refractivity contribution is 5.95. The number of benzene rings is 1. The van der Waals surface area contributed by atoms with Crippen molar-refractivity contribution in [3.8, 4) is 0 Å². The molecule has 0 aliphatic heterocycles. The largest absolute Gasteiger partial charge is 0.358 e. The van der Waals surface area contributed by atoms with Crippen LogP contribution in [0.3, 0.4) is 0 Å².